The molecule has 1 heterocycles. The Balaban J connectivity index is 2.25. The number of benzene rings is 1. The molecule has 108 valence electrons. The third-order valence-corrected chi connectivity index (χ3v) is 2.82. The number of hydrogen-bond acceptors (Lipinski definition) is 3. The highest BCUT2D eigenvalue weighted by Crippen LogP contribution is 2.30. The second-order valence-electron chi connectivity index (χ2n) is 4.17. The molecular weight excluding hydrogens is 271 g/mol. The van der Waals surface area contributed by atoms with Crippen molar-refractivity contribution in [3.63, 3.8) is 0 Å². The summed E-state index contributed by atoms with van der Waals surface area (Å²) < 4.78 is 44.2. The van der Waals surface area contributed by atoms with Crippen molar-refractivity contribution in [3.05, 3.63) is 41.6 Å². The first kappa shape index (κ1) is 14.2. The van der Waals surface area contributed by atoms with Gasteiger partial charge < -0.3 is 10.1 Å². The van der Waals surface area contributed by atoms with Crippen LogP contribution in [-0.4, -0.2) is 23.9 Å². The summed E-state index contributed by atoms with van der Waals surface area (Å²) in [4.78, 5) is 0. The molecule has 0 fully saturated rings. The zero-order chi connectivity index (χ0) is 14.8. The van der Waals surface area contributed by atoms with E-state index in [1.807, 2.05) is 0 Å². The van der Waals surface area contributed by atoms with Crippen molar-refractivity contribution in [1.82, 2.24) is 9.78 Å². The average molecular weight is 285 g/mol. The van der Waals surface area contributed by atoms with Gasteiger partial charge in [0.25, 0.3) is 0 Å². The molecule has 0 spiro atoms. The summed E-state index contributed by atoms with van der Waals surface area (Å²) in [5.41, 5.74) is -0.0745. The normalized spacial score (nSPS) is 11.4. The van der Waals surface area contributed by atoms with Crippen LogP contribution < -0.4 is 10.1 Å². The van der Waals surface area contributed by atoms with Crippen LogP contribution in [0.2, 0.25) is 0 Å². The molecule has 0 saturated carbocycles. The second kappa shape index (κ2) is 5.44. The molecule has 4 nitrogen and oxygen atoms in total. The molecule has 20 heavy (non-hydrogen) atoms. The van der Waals surface area contributed by atoms with Crippen LogP contribution in [0.4, 0.5) is 19.0 Å². The zero-order valence-corrected chi connectivity index (χ0v) is 11.0. The van der Waals surface area contributed by atoms with Gasteiger partial charge in [0.05, 0.1) is 13.7 Å². The number of aromatic nitrogens is 2. The molecule has 0 amide bonds. The second-order valence-corrected chi connectivity index (χ2v) is 4.17. The molecule has 1 N–H and O–H groups in total. The van der Waals surface area contributed by atoms with Crippen LogP contribution in [0, 0.1) is 0 Å². The van der Waals surface area contributed by atoms with Crippen LogP contribution in [-0.2, 0) is 12.7 Å². The topological polar surface area (TPSA) is 39.1 Å². The molecule has 7 heteroatoms. The predicted molar refractivity (Wildman–Crippen MR) is 68.9 cm³/mol. The third-order valence-electron chi connectivity index (χ3n) is 2.82. The van der Waals surface area contributed by atoms with Gasteiger partial charge in [-0.3, -0.25) is 0 Å². The summed E-state index contributed by atoms with van der Waals surface area (Å²) >= 11 is 0. The molecule has 1 aromatic heterocycles. The summed E-state index contributed by atoms with van der Waals surface area (Å²) in [6, 6.07) is 8.06. The zero-order valence-electron chi connectivity index (χ0n) is 11.0. The molecule has 0 unspecified atom stereocenters. The van der Waals surface area contributed by atoms with E-state index in [2.05, 4.69) is 10.4 Å². The smallest absolute Gasteiger partial charge is 0.435 e. The van der Waals surface area contributed by atoms with Crippen LogP contribution in [0.1, 0.15) is 11.3 Å². The molecule has 0 aliphatic rings. The van der Waals surface area contributed by atoms with E-state index in [0.717, 1.165) is 11.6 Å². The van der Waals surface area contributed by atoms with Crippen molar-refractivity contribution in [1.29, 1.82) is 0 Å². The highest BCUT2D eigenvalue weighted by molar-refractivity contribution is 5.38. The Hall–Kier alpha value is -2.18. The van der Waals surface area contributed by atoms with E-state index >= 15 is 0 Å². The molecule has 0 saturated heterocycles. The number of halogens is 3. The van der Waals surface area contributed by atoms with Crippen LogP contribution in [0.15, 0.2) is 30.3 Å². The first-order valence-electron chi connectivity index (χ1n) is 5.90. The van der Waals surface area contributed by atoms with Crippen LogP contribution in [0.25, 0.3) is 0 Å². The molecule has 0 bridgehead atoms. The lowest BCUT2D eigenvalue weighted by Gasteiger charge is -2.07. The lowest BCUT2D eigenvalue weighted by Crippen LogP contribution is -2.09. The van der Waals surface area contributed by atoms with E-state index in [4.69, 9.17) is 4.74 Å². The molecule has 0 atom stereocenters. The van der Waals surface area contributed by atoms with E-state index in [1.165, 1.54) is 4.68 Å². The van der Waals surface area contributed by atoms with Crippen molar-refractivity contribution in [2.75, 3.05) is 19.5 Å². The minimum absolute atomic E-state index is 0.246. The summed E-state index contributed by atoms with van der Waals surface area (Å²) in [6.07, 6.45) is -4.45. The van der Waals surface area contributed by atoms with Crippen molar-refractivity contribution < 1.29 is 17.9 Å². The first-order valence-corrected chi connectivity index (χ1v) is 5.90. The van der Waals surface area contributed by atoms with Gasteiger partial charge in [0.1, 0.15) is 11.6 Å². The van der Waals surface area contributed by atoms with Gasteiger partial charge in [0, 0.05) is 13.1 Å². The lowest BCUT2D eigenvalue weighted by atomic mass is 10.2. The van der Waals surface area contributed by atoms with E-state index in [9.17, 15) is 13.2 Å². The summed E-state index contributed by atoms with van der Waals surface area (Å²) in [5.74, 6) is 1.01. The molecule has 2 rings (SSSR count). The van der Waals surface area contributed by atoms with Crippen molar-refractivity contribution in [2.45, 2.75) is 12.7 Å². The van der Waals surface area contributed by atoms with Gasteiger partial charge >= 0.3 is 6.18 Å². The summed E-state index contributed by atoms with van der Waals surface area (Å²) in [5, 5.41) is 6.29. The number of nitrogens with one attached hydrogen (secondary N) is 1. The largest absolute Gasteiger partial charge is 0.497 e. The maximum absolute atomic E-state index is 12.6. The number of hydrogen-bond donors (Lipinski definition) is 1. The number of ether oxygens (including phenoxy) is 1. The van der Waals surface area contributed by atoms with Gasteiger partial charge in [-0.15, -0.1) is 0 Å². The van der Waals surface area contributed by atoms with Gasteiger partial charge in [-0.25, -0.2) is 4.68 Å². The van der Waals surface area contributed by atoms with E-state index in [-0.39, 0.29) is 6.54 Å². The SMILES string of the molecule is CNc1cc(C(F)(F)F)nn1Cc1ccc(OC)cc1. The van der Waals surface area contributed by atoms with E-state index < -0.39 is 11.9 Å². The summed E-state index contributed by atoms with van der Waals surface area (Å²) in [6.45, 7) is 0.246. The minimum atomic E-state index is -4.45. The van der Waals surface area contributed by atoms with E-state index in [0.29, 0.717) is 11.6 Å². The molecule has 0 aliphatic heterocycles. The summed E-state index contributed by atoms with van der Waals surface area (Å²) in [7, 11) is 3.11. The first-order chi connectivity index (χ1) is 9.44. The fourth-order valence-corrected chi connectivity index (χ4v) is 1.78. The standard InChI is InChI=1S/C13H14F3N3O/c1-17-12-7-11(13(14,15)16)18-19(12)8-9-3-5-10(20-2)6-4-9/h3-7,17H,8H2,1-2H3. The van der Waals surface area contributed by atoms with Gasteiger partial charge in [-0.05, 0) is 17.7 Å². The maximum atomic E-state index is 12.6. The number of nitrogens with zero attached hydrogens (tertiary/aromatic N) is 2. The highest BCUT2D eigenvalue weighted by Gasteiger charge is 2.34. The van der Waals surface area contributed by atoms with Crippen molar-refractivity contribution >= 4 is 5.82 Å². The van der Waals surface area contributed by atoms with Crippen LogP contribution in [0.5, 0.6) is 5.75 Å². The Morgan fingerprint density at radius 2 is 1.90 bits per heavy atom. The molecule has 0 radical (unpaired) electrons. The average Bonchev–Trinajstić information content (AvgIpc) is 2.82. The van der Waals surface area contributed by atoms with Crippen molar-refractivity contribution in [3.8, 4) is 5.75 Å². The number of methoxy groups -OCH3 is 1. The highest BCUT2D eigenvalue weighted by atomic mass is 19.4. The molecule has 1 aromatic carbocycles. The fourth-order valence-electron chi connectivity index (χ4n) is 1.78. The lowest BCUT2D eigenvalue weighted by molar-refractivity contribution is -0.141. The minimum Gasteiger partial charge on any atom is -0.497 e. The van der Waals surface area contributed by atoms with Crippen LogP contribution >= 0.6 is 0 Å². The van der Waals surface area contributed by atoms with Gasteiger partial charge in [-0.2, -0.15) is 18.3 Å². The number of alkyl halides is 3. The molecule has 0 aliphatic carbocycles. The Morgan fingerprint density at radius 3 is 2.40 bits per heavy atom. The number of anilines is 1. The Morgan fingerprint density at radius 1 is 1.25 bits per heavy atom. The Labute approximate surface area is 114 Å². The Kier molecular flexibility index (Phi) is 3.87. The quantitative estimate of drug-likeness (QED) is 0.938. The Bertz CT molecular complexity index is 576. The van der Waals surface area contributed by atoms with Crippen LogP contribution in [0.3, 0.4) is 0 Å². The third kappa shape index (κ3) is 3.04. The van der Waals surface area contributed by atoms with E-state index in [1.54, 1.807) is 38.4 Å². The maximum Gasteiger partial charge on any atom is 0.435 e. The van der Waals surface area contributed by atoms with Gasteiger partial charge in [0.2, 0.25) is 0 Å². The monoisotopic (exact) mass is 285 g/mol. The van der Waals surface area contributed by atoms with Crippen molar-refractivity contribution in [2.24, 2.45) is 0 Å². The fraction of sp³-hybridized carbons (Fsp3) is 0.308. The predicted octanol–water partition coefficient (Wildman–Crippen LogP) is 3.00. The molecular formula is C13H14F3N3O. The number of rotatable bonds is 4. The molecule has 2 aromatic rings. The van der Waals surface area contributed by atoms with Gasteiger partial charge in [0.15, 0.2) is 5.69 Å². The van der Waals surface area contributed by atoms with Gasteiger partial charge in [-0.1, -0.05) is 12.1 Å².